The van der Waals surface area contributed by atoms with Crippen molar-refractivity contribution in [2.75, 3.05) is 20.7 Å². The number of hydrogen-bond acceptors (Lipinski definition) is 5. The van der Waals surface area contributed by atoms with Crippen molar-refractivity contribution in [2.45, 2.75) is 20.0 Å². The summed E-state index contributed by atoms with van der Waals surface area (Å²) in [6.07, 6.45) is 2.81. The summed E-state index contributed by atoms with van der Waals surface area (Å²) < 4.78 is 11.5. The minimum atomic E-state index is -0.638. The van der Waals surface area contributed by atoms with Gasteiger partial charge in [0, 0.05) is 14.1 Å². The highest BCUT2D eigenvalue weighted by Crippen LogP contribution is 2.30. The Labute approximate surface area is 175 Å². The molecule has 2 aromatic carbocycles. The molecular weight excluding hydrogens is 382 g/mol. The first-order chi connectivity index (χ1) is 14.4. The van der Waals surface area contributed by atoms with Gasteiger partial charge in [-0.05, 0) is 49.8 Å². The van der Waals surface area contributed by atoms with Crippen LogP contribution in [0.25, 0.3) is 23.2 Å². The lowest BCUT2D eigenvalue weighted by atomic mass is 10.1. The molecule has 30 heavy (non-hydrogen) atoms. The van der Waals surface area contributed by atoms with Crippen LogP contribution in [0, 0.1) is 0 Å². The van der Waals surface area contributed by atoms with Gasteiger partial charge in [-0.1, -0.05) is 24.3 Å². The summed E-state index contributed by atoms with van der Waals surface area (Å²) in [5, 5.41) is 0. The molecule has 3 rings (SSSR count). The molecular formula is C23H25N3O4. The van der Waals surface area contributed by atoms with Crippen molar-refractivity contribution in [3.8, 4) is 11.5 Å². The minimum absolute atomic E-state index is 0.136. The van der Waals surface area contributed by atoms with Crippen LogP contribution in [0.4, 0.5) is 0 Å². The van der Waals surface area contributed by atoms with E-state index in [0.29, 0.717) is 29.3 Å². The maximum atomic E-state index is 12.3. The number of aromatic amines is 1. The lowest BCUT2D eigenvalue weighted by Crippen LogP contribution is -2.35. The Morgan fingerprint density at radius 2 is 1.93 bits per heavy atom. The van der Waals surface area contributed by atoms with Gasteiger partial charge in [-0.3, -0.25) is 9.59 Å². The predicted molar refractivity (Wildman–Crippen MR) is 118 cm³/mol. The quantitative estimate of drug-likeness (QED) is 0.649. The fourth-order valence-electron chi connectivity index (χ4n) is 2.93. The zero-order valence-corrected chi connectivity index (χ0v) is 17.5. The van der Waals surface area contributed by atoms with Crippen molar-refractivity contribution < 1.29 is 14.3 Å². The topological polar surface area (TPSA) is 84.5 Å². The van der Waals surface area contributed by atoms with Crippen molar-refractivity contribution in [3.05, 3.63) is 64.1 Å². The van der Waals surface area contributed by atoms with Gasteiger partial charge in [-0.25, -0.2) is 4.98 Å². The number of hydrogen-bond donors (Lipinski definition) is 1. The normalized spacial score (nSPS) is 12.1. The first-order valence-corrected chi connectivity index (χ1v) is 9.71. The summed E-state index contributed by atoms with van der Waals surface area (Å²) in [5.41, 5.74) is 2.28. The molecule has 1 aromatic heterocycles. The van der Waals surface area contributed by atoms with Crippen LogP contribution in [0.1, 0.15) is 25.1 Å². The molecule has 0 aliphatic heterocycles. The standard InChI is InChI=1S/C23H25N3O4/c1-5-29-21-14-16(11-13-20(21)30-15(2)23(28)26(3)4)10-12-19-22(27)25-18-9-7-6-8-17(18)24-19/h6-15H,5H2,1-4H3,(H,25,27)/b12-10+/t15-/m0/s1. The molecule has 1 atom stereocenters. The van der Waals surface area contributed by atoms with E-state index in [1.54, 1.807) is 45.3 Å². The van der Waals surface area contributed by atoms with Gasteiger partial charge >= 0.3 is 0 Å². The average Bonchev–Trinajstić information content (AvgIpc) is 2.73. The first-order valence-electron chi connectivity index (χ1n) is 9.71. The number of fused-ring (bicyclic) bond motifs is 1. The van der Waals surface area contributed by atoms with Crippen LogP contribution in [0.15, 0.2) is 47.3 Å². The Morgan fingerprint density at radius 1 is 1.17 bits per heavy atom. The molecule has 0 saturated heterocycles. The van der Waals surface area contributed by atoms with Crippen molar-refractivity contribution in [1.29, 1.82) is 0 Å². The third-order valence-electron chi connectivity index (χ3n) is 4.42. The van der Waals surface area contributed by atoms with Gasteiger partial charge in [-0.15, -0.1) is 0 Å². The second-order valence-corrected chi connectivity index (χ2v) is 6.93. The molecule has 1 amide bonds. The number of nitrogens with one attached hydrogen (secondary N) is 1. The largest absolute Gasteiger partial charge is 0.490 e. The Bertz CT molecular complexity index is 1130. The van der Waals surface area contributed by atoms with E-state index in [1.165, 1.54) is 4.90 Å². The third kappa shape index (κ3) is 4.86. The summed E-state index contributed by atoms with van der Waals surface area (Å²) in [4.78, 5) is 33.1. The van der Waals surface area contributed by atoms with Crippen LogP contribution >= 0.6 is 0 Å². The fraction of sp³-hybridized carbons (Fsp3) is 0.261. The van der Waals surface area contributed by atoms with E-state index in [9.17, 15) is 9.59 Å². The number of aromatic nitrogens is 2. The van der Waals surface area contributed by atoms with Crippen molar-refractivity contribution in [2.24, 2.45) is 0 Å². The van der Waals surface area contributed by atoms with Crippen molar-refractivity contribution in [3.63, 3.8) is 0 Å². The molecule has 0 fully saturated rings. The summed E-state index contributed by atoms with van der Waals surface area (Å²) >= 11 is 0. The van der Waals surface area contributed by atoms with Gasteiger partial charge in [0.05, 0.1) is 17.6 Å². The molecule has 0 bridgehead atoms. The number of para-hydroxylation sites is 2. The molecule has 0 aliphatic rings. The van der Waals surface area contributed by atoms with Gasteiger partial charge < -0.3 is 19.4 Å². The maximum Gasteiger partial charge on any atom is 0.274 e. The molecule has 1 N–H and O–H groups in total. The molecule has 1 heterocycles. The Hall–Kier alpha value is -3.61. The number of likely N-dealkylation sites (N-methyl/N-ethyl adjacent to an activating group) is 1. The van der Waals surface area contributed by atoms with Crippen LogP contribution in [-0.2, 0) is 4.79 Å². The van der Waals surface area contributed by atoms with Gasteiger partial charge in [0.1, 0.15) is 5.69 Å². The van der Waals surface area contributed by atoms with Crippen LogP contribution in [0.2, 0.25) is 0 Å². The van der Waals surface area contributed by atoms with Crippen molar-refractivity contribution >= 4 is 29.1 Å². The van der Waals surface area contributed by atoms with Gasteiger partial charge in [0.15, 0.2) is 17.6 Å². The van der Waals surface area contributed by atoms with Gasteiger partial charge in [-0.2, -0.15) is 0 Å². The van der Waals surface area contributed by atoms with Crippen LogP contribution in [0.3, 0.4) is 0 Å². The molecule has 0 aliphatic carbocycles. The fourth-order valence-corrected chi connectivity index (χ4v) is 2.93. The summed E-state index contributed by atoms with van der Waals surface area (Å²) in [6.45, 7) is 4.02. The highest BCUT2D eigenvalue weighted by atomic mass is 16.5. The number of H-pyrrole nitrogens is 1. The molecule has 3 aromatic rings. The Balaban J connectivity index is 1.86. The SMILES string of the molecule is CCOc1cc(/C=C/c2nc3ccccc3[nH]c2=O)ccc1O[C@@H](C)C(=O)N(C)C. The van der Waals surface area contributed by atoms with Gasteiger partial charge in [0.25, 0.3) is 11.5 Å². The van der Waals surface area contributed by atoms with E-state index in [2.05, 4.69) is 9.97 Å². The highest BCUT2D eigenvalue weighted by Gasteiger charge is 2.18. The monoisotopic (exact) mass is 407 g/mol. The van der Waals surface area contributed by atoms with Crippen LogP contribution in [0.5, 0.6) is 11.5 Å². The predicted octanol–water partition coefficient (Wildman–Crippen LogP) is 3.35. The number of benzene rings is 2. The number of amides is 1. The molecule has 156 valence electrons. The number of nitrogens with zero attached hydrogens (tertiary/aromatic N) is 2. The van der Waals surface area contributed by atoms with E-state index in [4.69, 9.17) is 9.47 Å². The van der Waals surface area contributed by atoms with Gasteiger partial charge in [0.2, 0.25) is 0 Å². The second kappa shape index (κ2) is 9.26. The Morgan fingerprint density at radius 3 is 2.67 bits per heavy atom. The molecule has 0 radical (unpaired) electrons. The Kier molecular flexibility index (Phi) is 6.51. The van der Waals surface area contributed by atoms with Crippen LogP contribution in [-0.4, -0.2) is 47.6 Å². The third-order valence-corrected chi connectivity index (χ3v) is 4.42. The van der Waals surface area contributed by atoms with E-state index < -0.39 is 6.10 Å². The maximum absolute atomic E-state index is 12.3. The molecule has 0 saturated carbocycles. The number of carbonyl (C=O) groups excluding carboxylic acids is 1. The number of rotatable bonds is 7. The van der Waals surface area contributed by atoms with E-state index in [-0.39, 0.29) is 11.5 Å². The number of ether oxygens (including phenoxy) is 2. The van der Waals surface area contributed by atoms with Crippen molar-refractivity contribution in [1.82, 2.24) is 14.9 Å². The minimum Gasteiger partial charge on any atom is -0.490 e. The lowest BCUT2D eigenvalue weighted by Gasteiger charge is -2.20. The summed E-state index contributed by atoms with van der Waals surface area (Å²) in [7, 11) is 3.37. The lowest BCUT2D eigenvalue weighted by molar-refractivity contribution is -0.135. The first kappa shape index (κ1) is 21.1. The van der Waals surface area contributed by atoms with E-state index in [0.717, 1.165) is 11.1 Å². The zero-order valence-electron chi connectivity index (χ0n) is 17.5. The smallest absolute Gasteiger partial charge is 0.274 e. The number of carbonyl (C=O) groups is 1. The zero-order chi connectivity index (χ0) is 21.7. The van der Waals surface area contributed by atoms with E-state index in [1.807, 2.05) is 37.3 Å². The highest BCUT2D eigenvalue weighted by molar-refractivity contribution is 5.80. The van der Waals surface area contributed by atoms with E-state index >= 15 is 0 Å². The summed E-state index contributed by atoms with van der Waals surface area (Å²) in [5.74, 6) is 0.875. The summed E-state index contributed by atoms with van der Waals surface area (Å²) in [6, 6.07) is 12.8. The molecule has 7 nitrogen and oxygen atoms in total. The molecule has 7 heteroatoms. The van der Waals surface area contributed by atoms with Crippen LogP contribution < -0.4 is 15.0 Å². The molecule has 0 unspecified atom stereocenters. The molecule has 0 spiro atoms. The second-order valence-electron chi connectivity index (χ2n) is 6.93. The average molecular weight is 407 g/mol.